The smallest absolute Gasteiger partial charge is 0.147 e. The van der Waals surface area contributed by atoms with E-state index < -0.39 is 5.92 Å². The first-order valence-electron chi connectivity index (χ1n) is 14.0. The van der Waals surface area contributed by atoms with E-state index in [-0.39, 0.29) is 11.6 Å². The van der Waals surface area contributed by atoms with E-state index in [0.29, 0.717) is 18.8 Å². The van der Waals surface area contributed by atoms with Crippen LogP contribution >= 0.6 is 0 Å². The minimum Gasteiger partial charge on any atom is -0.494 e. The summed E-state index contributed by atoms with van der Waals surface area (Å²) < 4.78 is 5.91. The minimum atomic E-state index is -0.392. The minimum absolute atomic E-state index is 0.0835. The van der Waals surface area contributed by atoms with Gasteiger partial charge in [0.15, 0.2) is 0 Å². The van der Waals surface area contributed by atoms with Crippen LogP contribution in [-0.2, 0) is 16.0 Å². The van der Waals surface area contributed by atoms with Gasteiger partial charge in [-0.15, -0.1) is 0 Å². The van der Waals surface area contributed by atoms with Crippen LogP contribution in [0.4, 0.5) is 0 Å². The number of rotatable bonds is 15. The highest BCUT2D eigenvalue weighted by atomic mass is 16.5. The lowest BCUT2D eigenvalue weighted by molar-refractivity contribution is -0.135. The number of ketones is 2. The summed E-state index contributed by atoms with van der Waals surface area (Å²) in [6.07, 6.45) is 13.9. The van der Waals surface area contributed by atoms with Gasteiger partial charge in [-0.05, 0) is 54.0 Å². The van der Waals surface area contributed by atoms with Gasteiger partial charge >= 0.3 is 0 Å². The first-order chi connectivity index (χ1) is 17.1. The van der Waals surface area contributed by atoms with Crippen LogP contribution in [0.5, 0.6) is 5.75 Å². The predicted molar refractivity (Wildman–Crippen MR) is 145 cm³/mol. The van der Waals surface area contributed by atoms with Crippen molar-refractivity contribution in [3.8, 4) is 16.9 Å². The molecule has 3 heteroatoms. The Morgan fingerprint density at radius 2 is 1.43 bits per heavy atom. The summed E-state index contributed by atoms with van der Waals surface area (Å²) >= 11 is 0. The average Bonchev–Trinajstić information content (AvgIpc) is 2.87. The van der Waals surface area contributed by atoms with E-state index in [1.54, 1.807) is 0 Å². The van der Waals surface area contributed by atoms with Crippen molar-refractivity contribution in [2.24, 2.45) is 11.8 Å². The van der Waals surface area contributed by atoms with E-state index >= 15 is 0 Å². The molecule has 0 N–H and O–H groups in total. The molecule has 0 aromatic heterocycles. The van der Waals surface area contributed by atoms with Gasteiger partial charge < -0.3 is 4.74 Å². The van der Waals surface area contributed by atoms with Crippen LogP contribution in [-0.4, -0.2) is 18.2 Å². The molecule has 1 saturated carbocycles. The lowest BCUT2D eigenvalue weighted by atomic mass is 9.76. The van der Waals surface area contributed by atoms with Crippen LogP contribution in [0.25, 0.3) is 11.1 Å². The third-order valence-electron chi connectivity index (χ3n) is 7.36. The molecule has 35 heavy (non-hydrogen) atoms. The highest BCUT2D eigenvalue weighted by molar-refractivity contribution is 6.03. The quantitative estimate of drug-likeness (QED) is 0.191. The molecule has 2 unspecified atom stereocenters. The summed E-state index contributed by atoms with van der Waals surface area (Å²) in [5.74, 6) is 1.25. The Balaban J connectivity index is 1.42. The molecule has 1 aliphatic carbocycles. The Kier molecular flexibility index (Phi) is 11.5. The molecule has 0 saturated heterocycles. The first kappa shape index (κ1) is 27.2. The van der Waals surface area contributed by atoms with Gasteiger partial charge in [-0.1, -0.05) is 102 Å². The summed E-state index contributed by atoms with van der Waals surface area (Å²) in [6.45, 7) is 5.19. The first-order valence-corrected chi connectivity index (χ1v) is 14.0. The Bertz CT molecular complexity index is 897. The number of carbonyl (C=O) groups excluding carboxylic acids is 2. The van der Waals surface area contributed by atoms with Crippen molar-refractivity contribution in [3.05, 3.63) is 54.1 Å². The normalized spacial score (nSPS) is 17.9. The third-order valence-corrected chi connectivity index (χ3v) is 7.36. The molecule has 0 heterocycles. The largest absolute Gasteiger partial charge is 0.494 e. The molecular formula is C32H44O3. The monoisotopic (exact) mass is 476 g/mol. The van der Waals surface area contributed by atoms with Gasteiger partial charge in [0, 0.05) is 12.8 Å². The van der Waals surface area contributed by atoms with Gasteiger partial charge in [-0.2, -0.15) is 0 Å². The predicted octanol–water partition coefficient (Wildman–Crippen LogP) is 8.38. The maximum Gasteiger partial charge on any atom is 0.147 e. The lowest BCUT2D eigenvalue weighted by Gasteiger charge is -2.26. The number of benzene rings is 2. The second-order valence-electron chi connectivity index (χ2n) is 10.3. The van der Waals surface area contributed by atoms with Gasteiger partial charge in [0.1, 0.15) is 17.3 Å². The van der Waals surface area contributed by atoms with E-state index in [2.05, 4.69) is 38.1 Å². The highest BCUT2D eigenvalue weighted by Gasteiger charge is 2.32. The molecule has 2 aromatic carbocycles. The Hall–Kier alpha value is -2.42. The standard InChI is InChI=1S/C32H44O3/c1-3-5-6-7-8-9-10-22-35-29-19-17-28(18-20-29)27-15-12-26(13-16-27)24-32(34)30-21-14-25(11-4-2)23-31(30)33/h12-13,15-20,25,30H,3-11,14,21-24H2,1-2H3. The molecule has 3 rings (SSSR count). The Labute approximate surface area is 212 Å². The third kappa shape index (κ3) is 8.94. The van der Waals surface area contributed by atoms with Crippen molar-refractivity contribution >= 4 is 11.6 Å². The van der Waals surface area contributed by atoms with Gasteiger partial charge in [0.05, 0.1) is 12.5 Å². The Morgan fingerprint density at radius 3 is 2.06 bits per heavy atom. The summed E-state index contributed by atoms with van der Waals surface area (Å²) in [5, 5.41) is 0. The topological polar surface area (TPSA) is 43.4 Å². The number of unbranched alkanes of at least 4 members (excludes halogenated alkanes) is 6. The van der Waals surface area contributed by atoms with Crippen LogP contribution in [0, 0.1) is 11.8 Å². The van der Waals surface area contributed by atoms with Crippen molar-refractivity contribution in [2.75, 3.05) is 6.61 Å². The SMILES string of the molecule is CCCCCCCCCOc1ccc(-c2ccc(CC(=O)C3CCC(CCC)CC3=O)cc2)cc1. The molecule has 0 amide bonds. The van der Waals surface area contributed by atoms with Gasteiger partial charge in [-0.25, -0.2) is 0 Å². The summed E-state index contributed by atoms with van der Waals surface area (Å²) in [7, 11) is 0. The summed E-state index contributed by atoms with van der Waals surface area (Å²) in [5.41, 5.74) is 3.24. The molecule has 1 aliphatic rings. The average molecular weight is 477 g/mol. The fourth-order valence-corrected chi connectivity index (χ4v) is 5.22. The zero-order valence-corrected chi connectivity index (χ0v) is 21.9. The maximum absolute atomic E-state index is 12.8. The Morgan fingerprint density at radius 1 is 0.800 bits per heavy atom. The number of hydrogen-bond acceptors (Lipinski definition) is 3. The molecule has 2 aromatic rings. The number of ether oxygens (including phenoxy) is 1. The van der Waals surface area contributed by atoms with Crippen molar-refractivity contribution in [2.45, 2.75) is 97.3 Å². The van der Waals surface area contributed by atoms with Crippen LogP contribution in [0.15, 0.2) is 48.5 Å². The van der Waals surface area contributed by atoms with E-state index in [9.17, 15) is 9.59 Å². The van der Waals surface area contributed by atoms with E-state index in [4.69, 9.17) is 4.74 Å². The second kappa shape index (κ2) is 14.9. The molecule has 0 radical (unpaired) electrons. The maximum atomic E-state index is 12.8. The fourth-order valence-electron chi connectivity index (χ4n) is 5.22. The summed E-state index contributed by atoms with van der Waals surface area (Å²) in [6, 6.07) is 16.4. The molecule has 3 nitrogen and oxygen atoms in total. The lowest BCUT2D eigenvalue weighted by Crippen LogP contribution is -2.31. The molecule has 0 bridgehead atoms. The van der Waals surface area contributed by atoms with Crippen molar-refractivity contribution in [1.29, 1.82) is 0 Å². The van der Waals surface area contributed by atoms with E-state index in [0.717, 1.165) is 61.2 Å². The van der Waals surface area contributed by atoms with E-state index in [1.807, 2.05) is 24.3 Å². The number of carbonyl (C=O) groups is 2. The van der Waals surface area contributed by atoms with Crippen molar-refractivity contribution in [1.82, 2.24) is 0 Å². The van der Waals surface area contributed by atoms with Crippen molar-refractivity contribution < 1.29 is 14.3 Å². The molecule has 2 atom stereocenters. The van der Waals surface area contributed by atoms with Gasteiger partial charge in [0.2, 0.25) is 0 Å². The van der Waals surface area contributed by atoms with Crippen LogP contribution in [0.1, 0.15) is 96.5 Å². The van der Waals surface area contributed by atoms with Crippen molar-refractivity contribution in [3.63, 3.8) is 0 Å². The van der Waals surface area contributed by atoms with Gasteiger partial charge in [-0.3, -0.25) is 9.59 Å². The number of hydrogen-bond donors (Lipinski definition) is 0. The molecule has 0 spiro atoms. The highest BCUT2D eigenvalue weighted by Crippen LogP contribution is 2.30. The second-order valence-corrected chi connectivity index (χ2v) is 10.3. The molecule has 1 fully saturated rings. The van der Waals surface area contributed by atoms with Crippen LogP contribution in [0.3, 0.4) is 0 Å². The molecular weight excluding hydrogens is 432 g/mol. The summed E-state index contributed by atoms with van der Waals surface area (Å²) in [4.78, 5) is 25.3. The van der Waals surface area contributed by atoms with E-state index in [1.165, 1.54) is 38.5 Å². The number of Topliss-reactive ketones (excluding diaryl/α,β-unsaturated/α-hetero) is 2. The van der Waals surface area contributed by atoms with Crippen LogP contribution in [0.2, 0.25) is 0 Å². The molecule has 190 valence electrons. The zero-order valence-electron chi connectivity index (χ0n) is 21.9. The van der Waals surface area contributed by atoms with Crippen LogP contribution < -0.4 is 4.74 Å². The zero-order chi connectivity index (χ0) is 24.9. The molecule has 0 aliphatic heterocycles. The van der Waals surface area contributed by atoms with Gasteiger partial charge in [0.25, 0.3) is 0 Å². The fraction of sp³-hybridized carbons (Fsp3) is 0.562.